The van der Waals surface area contributed by atoms with E-state index in [-0.39, 0.29) is 17.1 Å². The van der Waals surface area contributed by atoms with Crippen LogP contribution in [0.4, 0.5) is 13.2 Å². The van der Waals surface area contributed by atoms with Crippen LogP contribution >= 0.6 is 0 Å². The van der Waals surface area contributed by atoms with Crippen LogP contribution < -0.4 is 0 Å². The topological polar surface area (TPSA) is 0 Å². The molecule has 1 aliphatic carbocycles. The van der Waals surface area contributed by atoms with Crippen molar-refractivity contribution in [3.05, 3.63) is 101 Å². The lowest BCUT2D eigenvalue weighted by molar-refractivity contribution is 0.418. The lowest BCUT2D eigenvalue weighted by Crippen LogP contribution is -2.08. The first-order valence-electron chi connectivity index (χ1n) is 10.3. The zero-order chi connectivity index (χ0) is 21.7. The number of benzene rings is 2. The van der Waals surface area contributed by atoms with Crippen molar-refractivity contribution in [1.82, 2.24) is 0 Å². The van der Waals surface area contributed by atoms with Gasteiger partial charge in [-0.25, -0.2) is 13.2 Å². The van der Waals surface area contributed by atoms with Gasteiger partial charge in [0.15, 0.2) is 11.6 Å². The van der Waals surface area contributed by atoms with Crippen molar-refractivity contribution >= 4 is 6.08 Å². The minimum absolute atomic E-state index is 0.113. The molecule has 30 heavy (non-hydrogen) atoms. The third-order valence-corrected chi connectivity index (χ3v) is 5.54. The van der Waals surface area contributed by atoms with Crippen molar-refractivity contribution < 1.29 is 13.2 Å². The number of halogens is 3. The molecule has 0 spiro atoms. The normalized spacial score (nSPS) is 15.5. The molecular formula is C27H27F3. The van der Waals surface area contributed by atoms with Crippen molar-refractivity contribution in [1.29, 1.82) is 0 Å². The summed E-state index contributed by atoms with van der Waals surface area (Å²) in [6, 6.07) is 10.4. The molecule has 0 aromatic heterocycles. The fourth-order valence-electron chi connectivity index (χ4n) is 3.88. The summed E-state index contributed by atoms with van der Waals surface area (Å²) < 4.78 is 43.4. The van der Waals surface area contributed by atoms with Gasteiger partial charge in [-0.1, -0.05) is 86.5 Å². The van der Waals surface area contributed by atoms with Crippen LogP contribution in [-0.4, -0.2) is 0 Å². The van der Waals surface area contributed by atoms with Gasteiger partial charge < -0.3 is 0 Å². The smallest absolute Gasteiger partial charge is 0.166 e. The first-order valence-corrected chi connectivity index (χ1v) is 10.3. The van der Waals surface area contributed by atoms with E-state index in [1.54, 1.807) is 55.5 Å². The average Bonchev–Trinajstić information content (AvgIpc) is 2.74. The Hall–Kier alpha value is -2.81. The van der Waals surface area contributed by atoms with E-state index in [1.165, 1.54) is 12.5 Å². The highest BCUT2D eigenvalue weighted by atomic mass is 19.2. The molecule has 0 atom stereocenters. The molecule has 2 aromatic carbocycles. The number of allylic oxidation sites excluding steroid dienone is 5. The summed E-state index contributed by atoms with van der Waals surface area (Å²) in [5, 5.41) is 0. The summed E-state index contributed by atoms with van der Waals surface area (Å²) in [5.41, 5.74) is 3.01. The minimum atomic E-state index is -0.790. The van der Waals surface area contributed by atoms with E-state index in [0.29, 0.717) is 16.7 Å². The molecular weight excluding hydrogens is 381 g/mol. The largest absolute Gasteiger partial charge is 0.206 e. The van der Waals surface area contributed by atoms with E-state index in [2.05, 4.69) is 13.2 Å². The van der Waals surface area contributed by atoms with Gasteiger partial charge in [0.25, 0.3) is 0 Å². The van der Waals surface area contributed by atoms with Gasteiger partial charge in [-0.15, -0.1) is 0 Å². The van der Waals surface area contributed by atoms with Crippen molar-refractivity contribution in [2.24, 2.45) is 0 Å². The Labute approximate surface area is 177 Å². The Morgan fingerprint density at radius 1 is 0.933 bits per heavy atom. The predicted molar refractivity (Wildman–Crippen MR) is 120 cm³/mol. The summed E-state index contributed by atoms with van der Waals surface area (Å²) in [4.78, 5) is 0. The maximum atomic E-state index is 14.8. The molecule has 0 amide bonds. The highest BCUT2D eigenvalue weighted by Crippen LogP contribution is 2.37. The predicted octanol–water partition coefficient (Wildman–Crippen LogP) is 8.68. The molecule has 2 aromatic rings. The summed E-state index contributed by atoms with van der Waals surface area (Å²) in [6.45, 7) is 9.04. The molecule has 0 radical (unpaired) electrons. The van der Waals surface area contributed by atoms with E-state index < -0.39 is 17.5 Å². The zero-order valence-electron chi connectivity index (χ0n) is 17.4. The Kier molecular flexibility index (Phi) is 7.15. The molecule has 156 valence electrons. The lowest BCUT2D eigenvalue weighted by Gasteiger charge is -2.23. The number of rotatable bonds is 6. The zero-order valence-corrected chi connectivity index (χ0v) is 17.4. The second-order valence-electron chi connectivity index (χ2n) is 7.98. The molecule has 1 saturated carbocycles. The molecule has 0 saturated heterocycles. The Bertz CT molecular complexity index is 988. The van der Waals surface area contributed by atoms with Gasteiger partial charge >= 0.3 is 0 Å². The van der Waals surface area contributed by atoms with Crippen LogP contribution in [0, 0.1) is 11.6 Å². The van der Waals surface area contributed by atoms with E-state index in [1.807, 2.05) is 0 Å². The highest BCUT2D eigenvalue weighted by molar-refractivity contribution is 5.67. The van der Waals surface area contributed by atoms with E-state index in [0.717, 1.165) is 31.2 Å². The Morgan fingerprint density at radius 3 is 2.23 bits per heavy atom. The number of hydrogen-bond donors (Lipinski definition) is 0. The molecule has 1 aliphatic rings. The van der Waals surface area contributed by atoms with Crippen LogP contribution in [0.25, 0.3) is 17.2 Å². The van der Waals surface area contributed by atoms with Gasteiger partial charge in [0.1, 0.15) is 5.83 Å². The molecule has 0 N–H and O–H groups in total. The Balaban J connectivity index is 1.77. The molecule has 1 fully saturated rings. The maximum Gasteiger partial charge on any atom is 0.166 e. The standard InChI is InChI=1S/C27H27F3/c1-18(2)17-25(28)19(3)9-10-20-11-13-22(14-12-20)24-16-15-23(26(29)27(24)30)21-7-5-4-6-8-21/h9-17,21H,1,3-8H2,2H3/b10-9+,25-17+. The fourth-order valence-corrected chi connectivity index (χ4v) is 3.88. The first kappa shape index (κ1) is 21.9. The molecule has 0 unspecified atom stereocenters. The van der Waals surface area contributed by atoms with Gasteiger partial charge in [0.2, 0.25) is 0 Å². The first-order chi connectivity index (χ1) is 14.4. The second kappa shape index (κ2) is 9.80. The van der Waals surface area contributed by atoms with Gasteiger partial charge in [0.05, 0.1) is 0 Å². The maximum absolute atomic E-state index is 14.8. The van der Waals surface area contributed by atoms with Crippen LogP contribution in [0.5, 0.6) is 0 Å². The van der Waals surface area contributed by atoms with Crippen LogP contribution in [0.1, 0.15) is 56.1 Å². The molecule has 0 heterocycles. The van der Waals surface area contributed by atoms with Crippen molar-refractivity contribution in [2.45, 2.75) is 44.9 Å². The van der Waals surface area contributed by atoms with Crippen molar-refractivity contribution in [3.63, 3.8) is 0 Å². The van der Waals surface area contributed by atoms with Crippen LogP contribution in [0.2, 0.25) is 0 Å². The second-order valence-corrected chi connectivity index (χ2v) is 7.98. The Morgan fingerprint density at radius 2 is 1.60 bits per heavy atom. The molecule has 0 bridgehead atoms. The van der Waals surface area contributed by atoms with Gasteiger partial charge in [0, 0.05) is 11.1 Å². The lowest BCUT2D eigenvalue weighted by atomic mass is 9.83. The molecule has 0 aliphatic heterocycles. The monoisotopic (exact) mass is 408 g/mol. The van der Waals surface area contributed by atoms with Crippen LogP contribution in [0.15, 0.2) is 78.7 Å². The van der Waals surface area contributed by atoms with E-state index in [4.69, 9.17) is 0 Å². The average molecular weight is 409 g/mol. The summed E-state index contributed by atoms with van der Waals surface area (Å²) in [7, 11) is 0. The summed E-state index contributed by atoms with van der Waals surface area (Å²) in [5.74, 6) is -1.84. The van der Waals surface area contributed by atoms with Gasteiger partial charge in [-0.2, -0.15) is 0 Å². The van der Waals surface area contributed by atoms with E-state index in [9.17, 15) is 13.2 Å². The van der Waals surface area contributed by atoms with Gasteiger partial charge in [-0.3, -0.25) is 0 Å². The van der Waals surface area contributed by atoms with Crippen molar-refractivity contribution in [3.8, 4) is 11.1 Å². The highest BCUT2D eigenvalue weighted by Gasteiger charge is 2.22. The summed E-state index contributed by atoms with van der Waals surface area (Å²) in [6.07, 6.45) is 9.77. The van der Waals surface area contributed by atoms with Crippen LogP contribution in [0.3, 0.4) is 0 Å². The molecule has 0 nitrogen and oxygen atoms in total. The third kappa shape index (κ3) is 5.21. The molecule has 3 heteroatoms. The number of hydrogen-bond acceptors (Lipinski definition) is 0. The minimum Gasteiger partial charge on any atom is -0.206 e. The molecule has 3 rings (SSSR count). The van der Waals surface area contributed by atoms with E-state index >= 15 is 0 Å². The fraction of sp³-hybridized carbons (Fsp3) is 0.259. The van der Waals surface area contributed by atoms with Gasteiger partial charge in [-0.05, 0) is 48.4 Å². The third-order valence-electron chi connectivity index (χ3n) is 5.54. The summed E-state index contributed by atoms with van der Waals surface area (Å²) >= 11 is 0. The van der Waals surface area contributed by atoms with Crippen molar-refractivity contribution in [2.75, 3.05) is 0 Å². The van der Waals surface area contributed by atoms with Crippen LogP contribution in [-0.2, 0) is 0 Å². The quantitative estimate of drug-likeness (QED) is 0.419. The SMILES string of the molecule is C=C(C)/C=C(/F)C(=C)/C=C/c1ccc(-c2ccc(C3CCCCC3)c(F)c2F)cc1.